The van der Waals surface area contributed by atoms with Gasteiger partial charge in [-0.3, -0.25) is 4.79 Å². The van der Waals surface area contributed by atoms with E-state index in [0.29, 0.717) is 16.7 Å². The monoisotopic (exact) mass is 428 g/mol. The Morgan fingerprint density at radius 3 is 2.50 bits per heavy atom. The number of aryl methyl sites for hydroxylation is 1. The quantitative estimate of drug-likeness (QED) is 0.565. The van der Waals surface area contributed by atoms with Crippen molar-refractivity contribution in [3.05, 3.63) is 52.9 Å². The number of hydrogen-bond donors (Lipinski definition) is 1. The van der Waals surface area contributed by atoms with Crippen molar-refractivity contribution in [3.63, 3.8) is 0 Å². The molecule has 0 aliphatic heterocycles. The van der Waals surface area contributed by atoms with E-state index in [4.69, 9.17) is 16.3 Å². The van der Waals surface area contributed by atoms with Gasteiger partial charge in [-0.05, 0) is 38.0 Å². The van der Waals surface area contributed by atoms with Gasteiger partial charge in [-0.1, -0.05) is 44.4 Å². The van der Waals surface area contributed by atoms with Gasteiger partial charge in [0.05, 0.1) is 6.04 Å². The Balaban J connectivity index is 0.000000589. The summed E-state index contributed by atoms with van der Waals surface area (Å²) in [4.78, 5) is 21.1. The van der Waals surface area contributed by atoms with Gasteiger partial charge in [-0.15, -0.1) is 0 Å². The number of hydrogen-bond acceptors (Lipinski definition) is 4. The number of amides is 1. The molecule has 1 amide bonds. The summed E-state index contributed by atoms with van der Waals surface area (Å²) in [6.45, 7) is 6.26. The maximum atomic E-state index is 12.7. The third-order valence-corrected chi connectivity index (χ3v) is 5.27. The van der Waals surface area contributed by atoms with Crippen LogP contribution in [0.1, 0.15) is 68.5 Å². The molecule has 6 nitrogen and oxygen atoms in total. The Hall–Kier alpha value is -2.60. The minimum absolute atomic E-state index is 0.161. The molecule has 0 saturated heterocycles. The summed E-state index contributed by atoms with van der Waals surface area (Å²) in [7, 11) is 1.85. The molecule has 1 atom stereocenters. The van der Waals surface area contributed by atoms with Crippen LogP contribution < -0.4 is 10.1 Å². The number of rotatable bonds is 6. The molecular weight excluding hydrogens is 400 g/mol. The van der Waals surface area contributed by atoms with Gasteiger partial charge in [-0.25, -0.2) is 9.97 Å². The topological polar surface area (TPSA) is 69.0 Å². The van der Waals surface area contributed by atoms with Crippen LogP contribution in [0.25, 0.3) is 10.9 Å². The van der Waals surface area contributed by atoms with Crippen molar-refractivity contribution >= 4 is 28.4 Å². The van der Waals surface area contributed by atoms with E-state index < -0.39 is 0 Å². The lowest BCUT2D eigenvalue weighted by Crippen LogP contribution is -2.28. The second-order valence-corrected chi connectivity index (χ2v) is 8.04. The van der Waals surface area contributed by atoms with Gasteiger partial charge in [0.1, 0.15) is 11.8 Å². The molecule has 7 heteroatoms. The lowest BCUT2D eigenvalue weighted by atomic mass is 10.2. The highest BCUT2D eigenvalue weighted by atomic mass is 35.5. The summed E-state index contributed by atoms with van der Waals surface area (Å²) in [5.41, 5.74) is 2.31. The van der Waals surface area contributed by atoms with Crippen LogP contribution in [0.3, 0.4) is 0 Å². The van der Waals surface area contributed by atoms with E-state index in [-0.39, 0.29) is 18.1 Å². The maximum absolute atomic E-state index is 12.7. The highest BCUT2D eigenvalue weighted by molar-refractivity contribution is 6.31. The predicted molar refractivity (Wildman–Crippen MR) is 120 cm³/mol. The Labute approximate surface area is 182 Å². The van der Waals surface area contributed by atoms with E-state index >= 15 is 0 Å². The van der Waals surface area contributed by atoms with Crippen LogP contribution in [0.15, 0.2) is 36.7 Å². The smallest absolute Gasteiger partial charge is 0.316 e. The molecule has 3 aromatic rings. The second-order valence-electron chi connectivity index (χ2n) is 7.60. The number of aromatic nitrogens is 3. The number of nitrogens with one attached hydrogen (secondary N) is 1. The van der Waals surface area contributed by atoms with Gasteiger partial charge in [-0.2, -0.15) is 0 Å². The Bertz CT molecular complexity index is 994. The maximum Gasteiger partial charge on any atom is 0.316 e. The summed E-state index contributed by atoms with van der Waals surface area (Å²) < 4.78 is 7.39. The van der Waals surface area contributed by atoms with Crippen LogP contribution in [-0.4, -0.2) is 26.5 Å². The van der Waals surface area contributed by atoms with Crippen LogP contribution in [0, 0.1) is 0 Å². The number of ether oxygens (including phenoxy) is 1. The Morgan fingerprint density at radius 2 is 1.90 bits per heavy atom. The van der Waals surface area contributed by atoms with Crippen molar-refractivity contribution < 1.29 is 9.53 Å². The van der Waals surface area contributed by atoms with Gasteiger partial charge >= 0.3 is 6.01 Å². The second kappa shape index (κ2) is 9.94. The molecule has 1 aliphatic carbocycles. The van der Waals surface area contributed by atoms with Gasteiger partial charge in [0.2, 0.25) is 0 Å². The third-order valence-electron chi connectivity index (χ3n) is 5.03. The van der Waals surface area contributed by atoms with Crippen molar-refractivity contribution in [1.82, 2.24) is 19.9 Å². The van der Waals surface area contributed by atoms with Crippen molar-refractivity contribution in [2.24, 2.45) is 7.05 Å². The molecule has 30 heavy (non-hydrogen) atoms. The number of halogens is 1. The normalized spacial score (nSPS) is 14.0. The molecule has 2 heterocycles. The fraction of sp³-hybridized carbons (Fsp3) is 0.435. The van der Waals surface area contributed by atoms with E-state index in [1.165, 1.54) is 12.8 Å². The summed E-state index contributed by atoms with van der Waals surface area (Å²) in [5, 5.41) is 4.60. The summed E-state index contributed by atoms with van der Waals surface area (Å²) in [6.07, 6.45) is 8.41. The largest absolute Gasteiger partial charge is 0.460 e. The summed E-state index contributed by atoms with van der Waals surface area (Å²) in [5.74, 6) is -0.161. The lowest BCUT2D eigenvalue weighted by molar-refractivity contribution is 0.0932. The van der Waals surface area contributed by atoms with Crippen LogP contribution in [0.2, 0.25) is 5.02 Å². The first-order valence-electron chi connectivity index (χ1n) is 10.5. The first-order chi connectivity index (χ1) is 14.4. The lowest BCUT2D eigenvalue weighted by Gasteiger charge is -2.14. The third kappa shape index (κ3) is 5.51. The molecule has 1 unspecified atom stereocenters. The summed E-state index contributed by atoms with van der Waals surface area (Å²) in [6, 6.07) is 7.60. The fourth-order valence-electron chi connectivity index (χ4n) is 2.82. The molecule has 1 aromatic carbocycles. The highest BCUT2D eigenvalue weighted by Gasteiger charge is 2.24. The standard InChI is InChI=1S/C19H19ClN4O2.C4H10/c1-11(13-9-21-19(22-10-13)26-15-5-6-15)23-18(25)17-7-12-3-4-14(20)8-16(12)24(17)2;1-3-4-2/h3-4,7-11,15H,5-6H2,1-2H3,(H,23,25);3-4H2,1-2H3. The van der Waals surface area contributed by atoms with E-state index in [1.54, 1.807) is 12.4 Å². The molecular formula is C23H29ClN4O2. The molecule has 2 aromatic heterocycles. The minimum atomic E-state index is -0.223. The van der Waals surface area contributed by atoms with E-state index in [9.17, 15) is 4.79 Å². The van der Waals surface area contributed by atoms with Gasteiger partial charge in [0.15, 0.2) is 0 Å². The van der Waals surface area contributed by atoms with Gasteiger partial charge in [0.25, 0.3) is 5.91 Å². The zero-order valence-electron chi connectivity index (χ0n) is 18.0. The highest BCUT2D eigenvalue weighted by Crippen LogP contribution is 2.25. The Morgan fingerprint density at radius 1 is 1.23 bits per heavy atom. The number of benzene rings is 1. The van der Waals surface area contributed by atoms with Crippen LogP contribution >= 0.6 is 11.6 Å². The van der Waals surface area contributed by atoms with E-state index in [1.807, 2.05) is 42.8 Å². The van der Waals surface area contributed by atoms with Gasteiger partial charge < -0.3 is 14.6 Å². The zero-order chi connectivity index (χ0) is 21.7. The van der Waals surface area contributed by atoms with Crippen LogP contribution in [-0.2, 0) is 7.05 Å². The zero-order valence-corrected chi connectivity index (χ0v) is 18.7. The molecule has 1 fully saturated rings. The number of carbonyl (C=O) groups excluding carboxylic acids is 1. The average Bonchev–Trinajstić information content (AvgIpc) is 3.50. The van der Waals surface area contributed by atoms with Crippen LogP contribution in [0.4, 0.5) is 0 Å². The van der Waals surface area contributed by atoms with Gasteiger partial charge in [0, 0.05) is 40.9 Å². The van der Waals surface area contributed by atoms with Crippen molar-refractivity contribution in [2.75, 3.05) is 0 Å². The van der Waals surface area contributed by atoms with Crippen molar-refractivity contribution in [3.8, 4) is 6.01 Å². The molecule has 1 N–H and O–H groups in total. The SMILES string of the molecule is CC(NC(=O)c1cc2ccc(Cl)cc2n1C)c1cnc(OC2CC2)nc1.CCCC. The average molecular weight is 429 g/mol. The number of unbranched alkanes of at least 4 members (excludes halogenated alkanes) is 1. The molecule has 160 valence electrons. The number of carbonyl (C=O) groups is 1. The molecule has 1 saturated carbocycles. The van der Waals surface area contributed by atoms with Crippen LogP contribution in [0.5, 0.6) is 6.01 Å². The first kappa shape index (κ1) is 22.1. The molecule has 0 bridgehead atoms. The summed E-state index contributed by atoms with van der Waals surface area (Å²) >= 11 is 6.05. The van der Waals surface area contributed by atoms with Crippen molar-refractivity contribution in [1.29, 1.82) is 0 Å². The molecule has 0 spiro atoms. The van der Waals surface area contributed by atoms with E-state index in [0.717, 1.165) is 29.3 Å². The fourth-order valence-corrected chi connectivity index (χ4v) is 2.99. The van der Waals surface area contributed by atoms with Crippen molar-refractivity contribution in [2.45, 2.75) is 58.6 Å². The molecule has 4 rings (SSSR count). The number of fused-ring (bicyclic) bond motifs is 1. The predicted octanol–water partition coefficient (Wildman–Crippen LogP) is 5.46. The molecule has 0 radical (unpaired) electrons. The first-order valence-corrected chi connectivity index (χ1v) is 10.8. The minimum Gasteiger partial charge on any atom is -0.460 e. The molecule has 1 aliphatic rings. The van der Waals surface area contributed by atoms with E-state index in [2.05, 4.69) is 29.1 Å². The Kier molecular flexibility index (Phi) is 7.32. The number of nitrogens with zero attached hydrogens (tertiary/aromatic N) is 3.